The molecular weight excluding hydrogens is 350 g/mol. The highest BCUT2D eigenvalue weighted by Crippen LogP contribution is 2.40. The summed E-state index contributed by atoms with van der Waals surface area (Å²) in [7, 11) is 0. The van der Waals surface area contributed by atoms with E-state index in [9.17, 15) is 0 Å². The lowest BCUT2D eigenvalue weighted by Gasteiger charge is -2.30. The van der Waals surface area contributed by atoms with E-state index in [2.05, 4.69) is 41.7 Å². The van der Waals surface area contributed by atoms with Gasteiger partial charge in [0.1, 0.15) is 25.6 Å². The fraction of sp³-hybridized carbons (Fsp3) is 0.250. The van der Waals surface area contributed by atoms with Gasteiger partial charge >= 0.3 is 0 Å². The zero-order valence-corrected chi connectivity index (χ0v) is 15.7. The Labute approximate surface area is 165 Å². The molecule has 1 atom stereocenters. The van der Waals surface area contributed by atoms with Crippen LogP contribution in [-0.2, 0) is 13.0 Å². The second-order valence-corrected chi connectivity index (χ2v) is 7.14. The van der Waals surface area contributed by atoms with Crippen LogP contribution in [0.3, 0.4) is 0 Å². The van der Waals surface area contributed by atoms with Gasteiger partial charge in [-0.05, 0) is 41.3 Å². The van der Waals surface area contributed by atoms with Crippen LogP contribution in [0.25, 0.3) is 0 Å². The maximum Gasteiger partial charge on any atom is 0.161 e. The van der Waals surface area contributed by atoms with Crippen molar-refractivity contribution in [1.29, 1.82) is 0 Å². The molecule has 0 amide bonds. The average Bonchev–Trinajstić information content (AvgIpc) is 2.77. The predicted octanol–water partition coefficient (Wildman–Crippen LogP) is 4.27. The van der Waals surface area contributed by atoms with Gasteiger partial charge in [0.2, 0.25) is 0 Å². The second kappa shape index (κ2) is 7.56. The fourth-order valence-corrected chi connectivity index (χ4v) is 3.96. The second-order valence-electron chi connectivity index (χ2n) is 7.14. The van der Waals surface area contributed by atoms with Crippen LogP contribution in [0.5, 0.6) is 17.2 Å². The molecule has 0 bridgehead atoms. The number of rotatable bonds is 4. The molecule has 0 fully saturated rings. The highest BCUT2D eigenvalue weighted by Gasteiger charge is 2.27. The van der Waals surface area contributed by atoms with E-state index in [-0.39, 0.29) is 6.04 Å². The molecule has 0 aliphatic carbocycles. The molecule has 3 aromatic rings. The SMILES string of the molecule is c1ccc(COc2ccccc2C2NCCc3cc4c(cc32)OCCO4)cc1. The smallest absolute Gasteiger partial charge is 0.161 e. The first-order valence-electron chi connectivity index (χ1n) is 9.80. The van der Waals surface area contributed by atoms with Gasteiger partial charge in [0.15, 0.2) is 11.5 Å². The lowest BCUT2D eigenvalue weighted by Crippen LogP contribution is -2.31. The molecular formula is C24H23NO3. The van der Waals surface area contributed by atoms with Gasteiger partial charge in [-0.3, -0.25) is 0 Å². The maximum atomic E-state index is 6.21. The van der Waals surface area contributed by atoms with Gasteiger partial charge in [-0.15, -0.1) is 0 Å². The lowest BCUT2D eigenvalue weighted by molar-refractivity contribution is 0.171. The molecule has 2 aliphatic rings. The number of para-hydroxylation sites is 1. The van der Waals surface area contributed by atoms with Gasteiger partial charge in [-0.2, -0.15) is 0 Å². The van der Waals surface area contributed by atoms with Gasteiger partial charge in [-0.25, -0.2) is 0 Å². The van der Waals surface area contributed by atoms with Crippen LogP contribution in [0.15, 0.2) is 66.7 Å². The van der Waals surface area contributed by atoms with Gasteiger partial charge in [0.25, 0.3) is 0 Å². The monoisotopic (exact) mass is 373 g/mol. The van der Waals surface area contributed by atoms with Crippen LogP contribution in [0.1, 0.15) is 28.3 Å². The van der Waals surface area contributed by atoms with Crippen LogP contribution in [0, 0.1) is 0 Å². The first-order valence-corrected chi connectivity index (χ1v) is 9.80. The third-order valence-corrected chi connectivity index (χ3v) is 5.33. The minimum Gasteiger partial charge on any atom is -0.489 e. The Hall–Kier alpha value is -2.98. The third-order valence-electron chi connectivity index (χ3n) is 5.33. The summed E-state index contributed by atoms with van der Waals surface area (Å²) < 4.78 is 17.8. The number of ether oxygens (including phenoxy) is 3. The summed E-state index contributed by atoms with van der Waals surface area (Å²) in [4.78, 5) is 0. The Morgan fingerprint density at radius 3 is 2.46 bits per heavy atom. The normalized spacial score (nSPS) is 17.6. The van der Waals surface area contributed by atoms with Crippen molar-refractivity contribution in [3.63, 3.8) is 0 Å². The molecule has 142 valence electrons. The average molecular weight is 373 g/mol. The van der Waals surface area contributed by atoms with Crippen molar-refractivity contribution in [2.75, 3.05) is 19.8 Å². The van der Waals surface area contributed by atoms with Crippen molar-refractivity contribution in [1.82, 2.24) is 5.32 Å². The minimum atomic E-state index is 0.0755. The van der Waals surface area contributed by atoms with Crippen molar-refractivity contribution in [2.24, 2.45) is 0 Å². The van der Waals surface area contributed by atoms with Crippen LogP contribution in [0.4, 0.5) is 0 Å². The summed E-state index contributed by atoms with van der Waals surface area (Å²) in [6.07, 6.45) is 0.982. The zero-order valence-electron chi connectivity index (χ0n) is 15.7. The van der Waals surface area contributed by atoms with Crippen molar-refractivity contribution in [3.05, 3.63) is 89.0 Å². The van der Waals surface area contributed by atoms with Crippen LogP contribution < -0.4 is 19.5 Å². The highest BCUT2D eigenvalue weighted by molar-refractivity contribution is 5.53. The van der Waals surface area contributed by atoms with E-state index in [1.54, 1.807) is 0 Å². The van der Waals surface area contributed by atoms with Crippen molar-refractivity contribution in [2.45, 2.75) is 19.1 Å². The van der Waals surface area contributed by atoms with Gasteiger partial charge in [0, 0.05) is 12.1 Å². The third kappa shape index (κ3) is 3.32. The summed E-state index contributed by atoms with van der Waals surface area (Å²) in [6.45, 7) is 2.69. The van der Waals surface area contributed by atoms with E-state index >= 15 is 0 Å². The summed E-state index contributed by atoms with van der Waals surface area (Å²) >= 11 is 0. The summed E-state index contributed by atoms with van der Waals surface area (Å²) in [6, 6.07) is 22.9. The number of benzene rings is 3. The summed E-state index contributed by atoms with van der Waals surface area (Å²) in [5.74, 6) is 2.60. The summed E-state index contributed by atoms with van der Waals surface area (Å²) in [5, 5.41) is 3.66. The number of nitrogens with one attached hydrogen (secondary N) is 1. The Morgan fingerprint density at radius 1 is 0.857 bits per heavy atom. The molecule has 2 heterocycles. The molecule has 1 unspecified atom stereocenters. The van der Waals surface area contributed by atoms with Crippen molar-refractivity contribution in [3.8, 4) is 17.2 Å². The molecule has 4 heteroatoms. The van der Waals surface area contributed by atoms with Gasteiger partial charge in [-0.1, -0.05) is 48.5 Å². The molecule has 0 spiro atoms. The highest BCUT2D eigenvalue weighted by atomic mass is 16.6. The predicted molar refractivity (Wildman–Crippen MR) is 108 cm³/mol. The lowest BCUT2D eigenvalue weighted by atomic mass is 9.89. The first-order chi connectivity index (χ1) is 13.9. The first kappa shape index (κ1) is 17.1. The van der Waals surface area contributed by atoms with E-state index in [0.29, 0.717) is 19.8 Å². The van der Waals surface area contributed by atoms with Crippen LogP contribution >= 0.6 is 0 Å². The van der Waals surface area contributed by atoms with Crippen LogP contribution in [0.2, 0.25) is 0 Å². The Kier molecular flexibility index (Phi) is 4.63. The molecule has 0 aromatic heterocycles. The molecule has 1 N–H and O–H groups in total. The fourth-order valence-electron chi connectivity index (χ4n) is 3.96. The molecule has 0 saturated heterocycles. The molecule has 2 aliphatic heterocycles. The molecule has 0 radical (unpaired) electrons. The molecule has 3 aromatic carbocycles. The van der Waals surface area contributed by atoms with Crippen molar-refractivity contribution < 1.29 is 14.2 Å². The zero-order chi connectivity index (χ0) is 18.8. The number of fused-ring (bicyclic) bond motifs is 2. The number of hydrogen-bond acceptors (Lipinski definition) is 4. The molecule has 4 nitrogen and oxygen atoms in total. The Bertz CT molecular complexity index is 971. The van der Waals surface area contributed by atoms with Gasteiger partial charge < -0.3 is 19.5 Å². The van der Waals surface area contributed by atoms with Crippen molar-refractivity contribution >= 4 is 0 Å². The molecule has 0 saturated carbocycles. The number of hydrogen-bond donors (Lipinski definition) is 1. The summed E-state index contributed by atoms with van der Waals surface area (Å²) in [5.41, 5.74) is 4.86. The van der Waals surface area contributed by atoms with E-state index in [4.69, 9.17) is 14.2 Å². The maximum absolute atomic E-state index is 6.21. The van der Waals surface area contributed by atoms with E-state index < -0.39 is 0 Å². The molecule has 5 rings (SSSR count). The molecule has 28 heavy (non-hydrogen) atoms. The minimum absolute atomic E-state index is 0.0755. The van der Waals surface area contributed by atoms with Crippen LogP contribution in [-0.4, -0.2) is 19.8 Å². The Morgan fingerprint density at radius 2 is 1.61 bits per heavy atom. The largest absolute Gasteiger partial charge is 0.489 e. The van der Waals surface area contributed by atoms with E-state index in [0.717, 1.165) is 41.3 Å². The standard InChI is InChI=1S/C24H23NO3/c1-2-6-17(7-3-1)16-28-21-9-5-4-8-19(21)24-20-15-23-22(26-12-13-27-23)14-18(20)10-11-25-24/h1-9,14-15,24-25H,10-13,16H2. The van der Waals surface area contributed by atoms with E-state index in [1.165, 1.54) is 11.1 Å². The topological polar surface area (TPSA) is 39.7 Å². The quantitative estimate of drug-likeness (QED) is 0.741. The van der Waals surface area contributed by atoms with E-state index in [1.807, 2.05) is 30.3 Å². The Balaban J connectivity index is 1.47. The van der Waals surface area contributed by atoms with Gasteiger partial charge in [0.05, 0.1) is 6.04 Å².